The average Bonchev–Trinajstić information content (AvgIpc) is 3.01. The molecule has 18 heavy (non-hydrogen) atoms. The summed E-state index contributed by atoms with van der Waals surface area (Å²) in [5.41, 5.74) is 3.12. The second kappa shape index (κ2) is 4.57. The highest BCUT2D eigenvalue weighted by atomic mass is 32.2. The van der Waals surface area contributed by atoms with E-state index in [-0.39, 0.29) is 0 Å². The Morgan fingerprint density at radius 3 is 2.89 bits per heavy atom. The molecule has 96 valence electrons. The standard InChI is InChI=1S/C16H21NS/c1-2-4-14-13(3-1)9-18-10-16(14)17-15-8-11-5-6-12(15)7-11/h1-4,11-12,15-17H,5-10H2. The van der Waals surface area contributed by atoms with Gasteiger partial charge in [0.05, 0.1) is 0 Å². The third-order valence-corrected chi connectivity index (χ3v) is 6.21. The highest BCUT2D eigenvalue weighted by molar-refractivity contribution is 7.98. The molecule has 1 nitrogen and oxygen atoms in total. The van der Waals surface area contributed by atoms with Crippen molar-refractivity contribution in [3.05, 3.63) is 35.4 Å². The van der Waals surface area contributed by atoms with E-state index in [9.17, 15) is 0 Å². The maximum Gasteiger partial charge on any atom is 0.0417 e. The largest absolute Gasteiger partial charge is 0.306 e. The number of fused-ring (bicyclic) bond motifs is 3. The molecule has 2 fully saturated rings. The molecule has 1 aliphatic heterocycles. The maximum atomic E-state index is 3.98. The van der Waals surface area contributed by atoms with Crippen LogP contribution in [0.25, 0.3) is 0 Å². The fourth-order valence-corrected chi connectivity index (χ4v) is 5.34. The number of hydrogen-bond donors (Lipinski definition) is 1. The molecule has 0 aromatic heterocycles. The van der Waals surface area contributed by atoms with Crippen molar-refractivity contribution in [2.24, 2.45) is 11.8 Å². The summed E-state index contributed by atoms with van der Waals surface area (Å²) in [6.45, 7) is 0. The van der Waals surface area contributed by atoms with Gasteiger partial charge in [0.15, 0.2) is 0 Å². The van der Waals surface area contributed by atoms with Crippen LogP contribution >= 0.6 is 11.8 Å². The van der Waals surface area contributed by atoms with Crippen molar-refractivity contribution in [1.29, 1.82) is 0 Å². The van der Waals surface area contributed by atoms with Crippen LogP contribution in [-0.4, -0.2) is 11.8 Å². The minimum atomic E-state index is 0.601. The van der Waals surface area contributed by atoms with Crippen molar-refractivity contribution >= 4 is 11.8 Å². The molecule has 0 radical (unpaired) electrons. The van der Waals surface area contributed by atoms with E-state index in [4.69, 9.17) is 0 Å². The van der Waals surface area contributed by atoms with Gasteiger partial charge < -0.3 is 5.32 Å². The Balaban J connectivity index is 1.53. The second-order valence-corrected chi connectivity index (χ2v) is 7.24. The van der Waals surface area contributed by atoms with Gasteiger partial charge in [-0.3, -0.25) is 0 Å². The summed E-state index contributed by atoms with van der Waals surface area (Å²) in [4.78, 5) is 0. The minimum Gasteiger partial charge on any atom is -0.306 e. The van der Waals surface area contributed by atoms with Crippen LogP contribution in [0, 0.1) is 11.8 Å². The smallest absolute Gasteiger partial charge is 0.0417 e. The van der Waals surface area contributed by atoms with E-state index in [1.165, 1.54) is 37.2 Å². The van der Waals surface area contributed by atoms with Gasteiger partial charge in [0.1, 0.15) is 0 Å². The van der Waals surface area contributed by atoms with Crippen molar-refractivity contribution in [2.45, 2.75) is 43.5 Å². The molecular weight excluding hydrogens is 238 g/mol. The topological polar surface area (TPSA) is 12.0 Å². The van der Waals surface area contributed by atoms with E-state index in [0.717, 1.165) is 17.9 Å². The first-order valence-corrected chi connectivity index (χ1v) is 8.47. The van der Waals surface area contributed by atoms with Crippen LogP contribution in [0.3, 0.4) is 0 Å². The van der Waals surface area contributed by atoms with Crippen molar-refractivity contribution in [2.75, 3.05) is 5.75 Å². The summed E-state index contributed by atoms with van der Waals surface area (Å²) in [6, 6.07) is 10.4. The Labute approximate surface area is 114 Å². The molecular formula is C16H21NS. The molecule has 1 aromatic carbocycles. The number of rotatable bonds is 2. The highest BCUT2D eigenvalue weighted by Crippen LogP contribution is 2.45. The first-order chi connectivity index (χ1) is 8.90. The minimum absolute atomic E-state index is 0.601. The Morgan fingerprint density at radius 2 is 2.06 bits per heavy atom. The molecule has 2 aliphatic carbocycles. The zero-order chi connectivity index (χ0) is 11.9. The van der Waals surface area contributed by atoms with E-state index < -0.39 is 0 Å². The molecule has 4 unspecified atom stereocenters. The molecule has 4 rings (SSSR count). The Morgan fingerprint density at radius 1 is 1.11 bits per heavy atom. The van der Waals surface area contributed by atoms with Crippen LogP contribution in [0.15, 0.2) is 24.3 Å². The Kier molecular flexibility index (Phi) is 2.89. The molecule has 0 saturated heterocycles. The van der Waals surface area contributed by atoms with Gasteiger partial charge in [-0.25, -0.2) is 0 Å². The van der Waals surface area contributed by atoms with Crippen LogP contribution in [0.2, 0.25) is 0 Å². The number of thioether (sulfide) groups is 1. The van der Waals surface area contributed by atoms with Crippen LogP contribution in [0.4, 0.5) is 0 Å². The van der Waals surface area contributed by atoms with Crippen LogP contribution in [0.1, 0.15) is 42.9 Å². The fraction of sp³-hybridized carbons (Fsp3) is 0.625. The van der Waals surface area contributed by atoms with Gasteiger partial charge in [-0.15, -0.1) is 0 Å². The highest BCUT2D eigenvalue weighted by Gasteiger charge is 2.40. The lowest BCUT2D eigenvalue weighted by Gasteiger charge is -2.32. The van der Waals surface area contributed by atoms with E-state index >= 15 is 0 Å². The third kappa shape index (κ3) is 1.90. The fourth-order valence-electron chi connectivity index (χ4n) is 4.23. The maximum absolute atomic E-state index is 3.98. The van der Waals surface area contributed by atoms with Crippen LogP contribution in [0.5, 0.6) is 0 Å². The normalized spacial score (nSPS) is 37.8. The molecule has 1 heterocycles. The summed E-state index contributed by atoms with van der Waals surface area (Å²) >= 11 is 2.09. The van der Waals surface area contributed by atoms with Crippen LogP contribution < -0.4 is 5.32 Å². The second-order valence-electron chi connectivity index (χ2n) is 6.21. The molecule has 1 aromatic rings. The molecule has 4 atom stereocenters. The summed E-state index contributed by atoms with van der Waals surface area (Å²) in [5, 5.41) is 3.98. The van der Waals surface area contributed by atoms with Gasteiger partial charge in [0.2, 0.25) is 0 Å². The third-order valence-electron chi connectivity index (χ3n) is 5.13. The number of nitrogens with one attached hydrogen (secondary N) is 1. The summed E-state index contributed by atoms with van der Waals surface area (Å²) in [7, 11) is 0. The van der Waals surface area contributed by atoms with E-state index in [1.807, 2.05) is 0 Å². The Bertz CT molecular complexity index is 444. The summed E-state index contributed by atoms with van der Waals surface area (Å²) in [5.74, 6) is 4.48. The molecule has 0 spiro atoms. The number of hydrogen-bond acceptors (Lipinski definition) is 2. The van der Waals surface area contributed by atoms with Gasteiger partial charge in [-0.1, -0.05) is 30.7 Å². The molecule has 2 heteroatoms. The van der Waals surface area contributed by atoms with Crippen molar-refractivity contribution in [3.63, 3.8) is 0 Å². The number of benzene rings is 1. The summed E-state index contributed by atoms with van der Waals surface area (Å²) < 4.78 is 0. The van der Waals surface area contributed by atoms with E-state index in [1.54, 1.807) is 11.1 Å². The zero-order valence-electron chi connectivity index (χ0n) is 10.8. The predicted molar refractivity (Wildman–Crippen MR) is 77.7 cm³/mol. The van der Waals surface area contributed by atoms with Gasteiger partial charge in [0.25, 0.3) is 0 Å². The SMILES string of the molecule is c1ccc2c(c1)CSCC2NC1CC2CCC1C2. The lowest BCUT2D eigenvalue weighted by molar-refractivity contribution is 0.327. The first-order valence-electron chi connectivity index (χ1n) is 7.32. The zero-order valence-corrected chi connectivity index (χ0v) is 11.6. The van der Waals surface area contributed by atoms with E-state index in [0.29, 0.717) is 6.04 Å². The molecule has 2 saturated carbocycles. The molecule has 3 aliphatic rings. The summed E-state index contributed by atoms with van der Waals surface area (Å²) in [6.07, 6.45) is 5.91. The van der Waals surface area contributed by atoms with Crippen molar-refractivity contribution < 1.29 is 0 Å². The van der Waals surface area contributed by atoms with Gasteiger partial charge in [0, 0.05) is 23.6 Å². The first kappa shape index (κ1) is 11.4. The van der Waals surface area contributed by atoms with E-state index in [2.05, 4.69) is 41.3 Å². The lowest BCUT2D eigenvalue weighted by Crippen LogP contribution is -2.39. The van der Waals surface area contributed by atoms with Gasteiger partial charge in [-0.05, 0) is 42.2 Å². The monoisotopic (exact) mass is 259 g/mol. The molecule has 1 N–H and O–H groups in total. The average molecular weight is 259 g/mol. The quantitative estimate of drug-likeness (QED) is 0.868. The molecule has 0 amide bonds. The van der Waals surface area contributed by atoms with Gasteiger partial charge in [-0.2, -0.15) is 11.8 Å². The van der Waals surface area contributed by atoms with Gasteiger partial charge >= 0.3 is 0 Å². The predicted octanol–water partition coefficient (Wildman–Crippen LogP) is 3.75. The van der Waals surface area contributed by atoms with Crippen molar-refractivity contribution in [1.82, 2.24) is 5.32 Å². The lowest BCUT2D eigenvalue weighted by atomic mass is 9.93. The Hall–Kier alpha value is -0.470. The van der Waals surface area contributed by atoms with Crippen LogP contribution in [-0.2, 0) is 5.75 Å². The van der Waals surface area contributed by atoms with Crippen molar-refractivity contribution in [3.8, 4) is 0 Å². The molecule has 2 bridgehead atoms.